The van der Waals surface area contributed by atoms with Crippen LogP contribution in [-0.2, 0) is 4.74 Å². The lowest BCUT2D eigenvalue weighted by atomic mass is 10.0. The van der Waals surface area contributed by atoms with Crippen molar-refractivity contribution in [2.45, 2.75) is 39.0 Å². The number of benzene rings is 2. The normalized spacial score (nSPS) is 20.5. The van der Waals surface area contributed by atoms with Crippen LogP contribution >= 0.6 is 0 Å². The van der Waals surface area contributed by atoms with Crippen LogP contribution in [0.4, 0.5) is 5.69 Å². The van der Waals surface area contributed by atoms with Crippen molar-refractivity contribution < 1.29 is 9.66 Å². The van der Waals surface area contributed by atoms with Crippen molar-refractivity contribution in [2.24, 2.45) is 0 Å². The zero-order chi connectivity index (χ0) is 18.7. The van der Waals surface area contributed by atoms with Gasteiger partial charge in [-0.25, -0.2) is 0 Å². The van der Waals surface area contributed by atoms with E-state index >= 15 is 0 Å². The van der Waals surface area contributed by atoms with Crippen molar-refractivity contribution in [3.63, 3.8) is 0 Å². The third-order valence-corrected chi connectivity index (χ3v) is 4.68. The van der Waals surface area contributed by atoms with Crippen LogP contribution in [0.2, 0.25) is 0 Å². The molecule has 5 nitrogen and oxygen atoms in total. The molecule has 0 aromatic heterocycles. The SMILES string of the molecule is C/C(=C\c1ccc(C(C)C)cc1)[C@H]1NC[C@@H](c2ccc([N+](=O)[O-])cc2)O1. The van der Waals surface area contributed by atoms with E-state index in [2.05, 4.69) is 49.5 Å². The van der Waals surface area contributed by atoms with Gasteiger partial charge >= 0.3 is 0 Å². The van der Waals surface area contributed by atoms with Gasteiger partial charge in [-0.1, -0.05) is 44.2 Å². The third kappa shape index (κ3) is 4.18. The molecule has 1 aliphatic heterocycles. The monoisotopic (exact) mass is 352 g/mol. The molecule has 3 rings (SSSR count). The fourth-order valence-electron chi connectivity index (χ4n) is 3.07. The van der Waals surface area contributed by atoms with Crippen LogP contribution in [0.5, 0.6) is 0 Å². The second-order valence-electron chi connectivity index (χ2n) is 6.97. The van der Waals surface area contributed by atoms with Gasteiger partial charge in [0.25, 0.3) is 5.69 Å². The minimum Gasteiger partial charge on any atom is -0.350 e. The standard InChI is InChI=1S/C21H24N2O3/c1-14(2)17-6-4-16(5-7-17)12-15(3)21-22-13-20(26-21)18-8-10-19(11-9-18)23(24)25/h4-12,14,20-22H,13H2,1-3H3/b15-12+/t20-,21-/m0/s1. The fraction of sp³-hybridized carbons (Fsp3) is 0.333. The molecule has 2 atom stereocenters. The first-order valence-electron chi connectivity index (χ1n) is 8.85. The van der Waals surface area contributed by atoms with Crippen LogP contribution in [-0.4, -0.2) is 17.7 Å². The number of nitrogens with zero attached hydrogens (tertiary/aromatic N) is 1. The van der Waals surface area contributed by atoms with Gasteiger partial charge in [-0.15, -0.1) is 0 Å². The van der Waals surface area contributed by atoms with Crippen molar-refractivity contribution in [3.05, 3.63) is 80.9 Å². The Kier molecular flexibility index (Phi) is 5.49. The molecule has 2 aromatic rings. The molecule has 1 aliphatic rings. The van der Waals surface area contributed by atoms with Crippen LogP contribution in [0.15, 0.2) is 54.1 Å². The van der Waals surface area contributed by atoms with Gasteiger partial charge in [-0.05, 0) is 47.2 Å². The summed E-state index contributed by atoms with van der Waals surface area (Å²) in [7, 11) is 0. The summed E-state index contributed by atoms with van der Waals surface area (Å²) in [4.78, 5) is 10.4. The van der Waals surface area contributed by atoms with E-state index in [1.165, 1.54) is 17.7 Å². The van der Waals surface area contributed by atoms with E-state index in [1.54, 1.807) is 12.1 Å². The van der Waals surface area contributed by atoms with Gasteiger partial charge in [-0.2, -0.15) is 0 Å². The molecule has 0 radical (unpaired) electrons. The van der Waals surface area contributed by atoms with Crippen molar-refractivity contribution in [1.82, 2.24) is 5.32 Å². The summed E-state index contributed by atoms with van der Waals surface area (Å²) in [5, 5.41) is 14.1. The Balaban J connectivity index is 1.66. The molecule has 136 valence electrons. The van der Waals surface area contributed by atoms with E-state index in [-0.39, 0.29) is 18.0 Å². The minimum absolute atomic E-state index is 0.0946. The highest BCUT2D eigenvalue weighted by atomic mass is 16.6. The Morgan fingerprint density at radius 3 is 2.42 bits per heavy atom. The highest BCUT2D eigenvalue weighted by molar-refractivity contribution is 5.54. The summed E-state index contributed by atoms with van der Waals surface area (Å²) in [5.41, 5.74) is 4.62. The average Bonchev–Trinajstić information content (AvgIpc) is 3.12. The molecular weight excluding hydrogens is 328 g/mol. The Labute approximate surface area is 153 Å². The van der Waals surface area contributed by atoms with E-state index in [9.17, 15) is 10.1 Å². The predicted molar refractivity (Wildman–Crippen MR) is 103 cm³/mol. The van der Waals surface area contributed by atoms with Gasteiger partial charge in [-0.3, -0.25) is 15.4 Å². The molecule has 0 unspecified atom stereocenters. The largest absolute Gasteiger partial charge is 0.350 e. The molecule has 1 fully saturated rings. The number of nitrogens with one attached hydrogen (secondary N) is 1. The highest BCUT2D eigenvalue weighted by Gasteiger charge is 2.27. The molecule has 0 bridgehead atoms. The van der Waals surface area contributed by atoms with Crippen molar-refractivity contribution in [1.29, 1.82) is 0 Å². The van der Waals surface area contributed by atoms with Gasteiger partial charge in [0.15, 0.2) is 0 Å². The van der Waals surface area contributed by atoms with Crippen LogP contribution in [0.25, 0.3) is 6.08 Å². The molecule has 1 saturated heterocycles. The summed E-state index contributed by atoms with van der Waals surface area (Å²) in [6.07, 6.45) is 1.87. The highest BCUT2D eigenvalue weighted by Crippen LogP contribution is 2.28. The third-order valence-electron chi connectivity index (χ3n) is 4.68. The summed E-state index contributed by atoms with van der Waals surface area (Å²) in [6, 6.07) is 15.1. The van der Waals surface area contributed by atoms with Gasteiger partial charge < -0.3 is 4.74 Å². The Morgan fingerprint density at radius 2 is 1.85 bits per heavy atom. The fourth-order valence-corrected chi connectivity index (χ4v) is 3.07. The zero-order valence-corrected chi connectivity index (χ0v) is 15.3. The van der Waals surface area contributed by atoms with Crippen LogP contribution in [0, 0.1) is 10.1 Å². The number of ether oxygens (including phenoxy) is 1. The molecule has 0 aliphatic carbocycles. The first-order chi connectivity index (χ1) is 12.4. The predicted octanol–water partition coefficient (Wildman–Crippen LogP) is 4.81. The molecule has 1 N–H and O–H groups in total. The molecule has 0 amide bonds. The molecule has 0 spiro atoms. The van der Waals surface area contributed by atoms with E-state index in [0.29, 0.717) is 12.5 Å². The summed E-state index contributed by atoms with van der Waals surface area (Å²) in [6.45, 7) is 7.10. The van der Waals surface area contributed by atoms with Crippen LogP contribution in [0.3, 0.4) is 0 Å². The number of hydrogen-bond acceptors (Lipinski definition) is 4. The lowest BCUT2D eigenvalue weighted by molar-refractivity contribution is -0.384. The van der Waals surface area contributed by atoms with Crippen molar-refractivity contribution >= 4 is 11.8 Å². The molecule has 2 aromatic carbocycles. The van der Waals surface area contributed by atoms with Gasteiger partial charge in [0.05, 0.1) is 11.0 Å². The van der Waals surface area contributed by atoms with E-state index in [0.717, 1.165) is 16.7 Å². The average molecular weight is 352 g/mol. The van der Waals surface area contributed by atoms with E-state index < -0.39 is 4.92 Å². The van der Waals surface area contributed by atoms with Gasteiger partial charge in [0, 0.05) is 18.7 Å². The second-order valence-corrected chi connectivity index (χ2v) is 6.97. The summed E-state index contributed by atoms with van der Waals surface area (Å²) >= 11 is 0. The van der Waals surface area contributed by atoms with Gasteiger partial charge in [0.1, 0.15) is 6.23 Å². The quantitative estimate of drug-likeness (QED) is 0.619. The molecule has 1 heterocycles. The molecule has 26 heavy (non-hydrogen) atoms. The van der Waals surface area contributed by atoms with Crippen LogP contribution in [0.1, 0.15) is 49.5 Å². The molecule has 0 saturated carbocycles. The van der Waals surface area contributed by atoms with Crippen molar-refractivity contribution in [2.75, 3.05) is 6.54 Å². The minimum atomic E-state index is -0.391. The second kappa shape index (κ2) is 7.81. The Hall–Kier alpha value is -2.50. The number of hydrogen-bond donors (Lipinski definition) is 1. The maximum atomic E-state index is 10.8. The Bertz CT molecular complexity index is 795. The summed E-state index contributed by atoms with van der Waals surface area (Å²) in [5.74, 6) is 0.524. The molecule has 5 heteroatoms. The lowest BCUT2D eigenvalue weighted by Crippen LogP contribution is -2.23. The number of nitro benzene ring substituents is 1. The van der Waals surface area contributed by atoms with Crippen molar-refractivity contribution in [3.8, 4) is 0 Å². The molecular formula is C21H24N2O3. The first-order valence-corrected chi connectivity index (χ1v) is 8.85. The maximum Gasteiger partial charge on any atom is 0.269 e. The van der Waals surface area contributed by atoms with E-state index in [4.69, 9.17) is 4.74 Å². The number of nitro groups is 1. The lowest BCUT2D eigenvalue weighted by Gasteiger charge is -2.14. The maximum absolute atomic E-state index is 10.8. The van der Waals surface area contributed by atoms with Gasteiger partial charge in [0.2, 0.25) is 0 Å². The number of non-ortho nitro benzene ring substituents is 1. The van der Waals surface area contributed by atoms with E-state index in [1.807, 2.05) is 6.92 Å². The Morgan fingerprint density at radius 1 is 1.19 bits per heavy atom. The first kappa shape index (κ1) is 18.3. The van der Waals surface area contributed by atoms with Crippen LogP contribution < -0.4 is 5.32 Å². The smallest absolute Gasteiger partial charge is 0.269 e. The topological polar surface area (TPSA) is 64.4 Å². The number of rotatable bonds is 5. The summed E-state index contributed by atoms with van der Waals surface area (Å²) < 4.78 is 6.09. The zero-order valence-electron chi connectivity index (χ0n) is 15.3.